The molecule has 0 saturated carbocycles. The Hall–Kier alpha value is -2.33. The van der Waals surface area contributed by atoms with Crippen molar-refractivity contribution >= 4 is 15.9 Å². The van der Waals surface area contributed by atoms with Crippen molar-refractivity contribution in [3.8, 4) is 5.69 Å². The number of tetrazole rings is 1. The van der Waals surface area contributed by atoms with Crippen LogP contribution in [-0.2, 0) is 14.8 Å². The van der Waals surface area contributed by atoms with Gasteiger partial charge in [-0.05, 0) is 60.9 Å². The normalized spacial score (nSPS) is 17.6. The summed E-state index contributed by atoms with van der Waals surface area (Å²) in [6.07, 6.45) is 3.38. The van der Waals surface area contributed by atoms with E-state index in [1.807, 2.05) is 13.8 Å². The van der Waals surface area contributed by atoms with Crippen molar-refractivity contribution in [3.05, 3.63) is 30.6 Å². The van der Waals surface area contributed by atoms with Gasteiger partial charge in [0.15, 0.2) is 0 Å². The molecule has 1 amide bonds. The number of sulfonamides is 1. The Morgan fingerprint density at radius 1 is 1.26 bits per heavy atom. The molecule has 1 aromatic carbocycles. The summed E-state index contributed by atoms with van der Waals surface area (Å²) in [5.74, 6) is -0.111. The summed E-state index contributed by atoms with van der Waals surface area (Å²) in [4.78, 5) is 12.5. The number of benzene rings is 1. The van der Waals surface area contributed by atoms with Crippen LogP contribution in [0.3, 0.4) is 0 Å². The number of carbonyl (C=O) groups is 1. The molecule has 1 N–H and O–H groups in total. The third-order valence-corrected chi connectivity index (χ3v) is 6.83. The van der Waals surface area contributed by atoms with Crippen LogP contribution in [0.15, 0.2) is 35.5 Å². The minimum atomic E-state index is -3.58. The van der Waals surface area contributed by atoms with Crippen LogP contribution in [0.4, 0.5) is 0 Å². The molecule has 9 nitrogen and oxygen atoms in total. The summed E-state index contributed by atoms with van der Waals surface area (Å²) in [7, 11) is -3.58. The van der Waals surface area contributed by atoms with Gasteiger partial charge in [-0.15, -0.1) is 5.10 Å². The van der Waals surface area contributed by atoms with Crippen LogP contribution >= 0.6 is 0 Å². The van der Waals surface area contributed by atoms with Crippen molar-refractivity contribution < 1.29 is 13.2 Å². The molecule has 1 aromatic heterocycles. The van der Waals surface area contributed by atoms with E-state index in [1.54, 1.807) is 24.3 Å². The number of aromatic nitrogens is 4. The van der Waals surface area contributed by atoms with E-state index in [1.165, 1.54) is 15.3 Å². The minimum absolute atomic E-state index is 0.0205. The molecule has 3 rings (SSSR count). The monoisotopic (exact) mass is 392 g/mol. The highest BCUT2D eigenvalue weighted by Gasteiger charge is 2.32. The second-order valence-electron chi connectivity index (χ2n) is 6.74. The smallest absolute Gasteiger partial charge is 0.243 e. The summed E-state index contributed by atoms with van der Waals surface area (Å²) in [6.45, 7) is 4.67. The van der Waals surface area contributed by atoms with Crippen molar-refractivity contribution in [1.82, 2.24) is 29.8 Å². The fraction of sp³-hybridized carbons (Fsp3) is 0.529. The number of hydrogen-bond acceptors (Lipinski definition) is 6. The van der Waals surface area contributed by atoms with Crippen LogP contribution in [0, 0.1) is 5.92 Å². The van der Waals surface area contributed by atoms with Gasteiger partial charge in [0.2, 0.25) is 15.9 Å². The Labute approximate surface area is 158 Å². The molecular weight excluding hydrogens is 368 g/mol. The Morgan fingerprint density at radius 3 is 2.48 bits per heavy atom. The van der Waals surface area contributed by atoms with Gasteiger partial charge in [0.1, 0.15) is 6.33 Å². The number of rotatable bonds is 6. The van der Waals surface area contributed by atoms with Gasteiger partial charge in [-0.2, -0.15) is 4.31 Å². The second kappa shape index (κ2) is 8.13. The molecule has 1 fully saturated rings. The highest BCUT2D eigenvalue weighted by molar-refractivity contribution is 7.89. The van der Waals surface area contributed by atoms with Crippen LogP contribution in [0.1, 0.15) is 33.1 Å². The summed E-state index contributed by atoms with van der Waals surface area (Å²) < 4.78 is 28.6. The average molecular weight is 392 g/mol. The van der Waals surface area contributed by atoms with Crippen molar-refractivity contribution in [1.29, 1.82) is 0 Å². The lowest BCUT2D eigenvalue weighted by Gasteiger charge is -2.31. The van der Waals surface area contributed by atoms with E-state index in [9.17, 15) is 13.2 Å². The van der Waals surface area contributed by atoms with Gasteiger partial charge in [-0.25, -0.2) is 13.1 Å². The third-order valence-electron chi connectivity index (χ3n) is 4.91. The number of nitrogens with one attached hydrogen (secondary N) is 1. The molecule has 2 heterocycles. The van der Waals surface area contributed by atoms with Gasteiger partial charge in [0.05, 0.1) is 10.6 Å². The molecule has 0 spiro atoms. The van der Waals surface area contributed by atoms with E-state index in [0.717, 1.165) is 6.42 Å². The Morgan fingerprint density at radius 2 is 1.93 bits per heavy atom. The molecule has 0 bridgehead atoms. The molecule has 1 saturated heterocycles. The zero-order valence-electron chi connectivity index (χ0n) is 15.4. The van der Waals surface area contributed by atoms with Crippen LogP contribution in [-0.4, -0.2) is 58.0 Å². The third kappa shape index (κ3) is 4.33. The van der Waals surface area contributed by atoms with Crippen molar-refractivity contribution in [3.63, 3.8) is 0 Å². The van der Waals surface area contributed by atoms with E-state index in [2.05, 4.69) is 20.8 Å². The first-order valence-corrected chi connectivity index (χ1v) is 10.5. The zero-order valence-corrected chi connectivity index (χ0v) is 16.3. The number of piperidine rings is 1. The predicted molar refractivity (Wildman–Crippen MR) is 98.5 cm³/mol. The van der Waals surface area contributed by atoms with Gasteiger partial charge < -0.3 is 5.32 Å². The highest BCUT2D eigenvalue weighted by Crippen LogP contribution is 2.24. The fourth-order valence-electron chi connectivity index (χ4n) is 3.02. The topological polar surface area (TPSA) is 110 Å². The molecule has 0 unspecified atom stereocenters. The lowest BCUT2D eigenvalue weighted by Crippen LogP contribution is -2.44. The van der Waals surface area contributed by atoms with E-state index in [0.29, 0.717) is 31.6 Å². The van der Waals surface area contributed by atoms with Crippen molar-refractivity contribution in [2.45, 2.75) is 44.0 Å². The van der Waals surface area contributed by atoms with Crippen molar-refractivity contribution in [2.24, 2.45) is 5.92 Å². The van der Waals surface area contributed by atoms with E-state index >= 15 is 0 Å². The maximum Gasteiger partial charge on any atom is 0.243 e. The summed E-state index contributed by atoms with van der Waals surface area (Å²) in [5.41, 5.74) is 0.680. The molecule has 1 aliphatic heterocycles. The average Bonchev–Trinajstić information content (AvgIpc) is 3.23. The van der Waals surface area contributed by atoms with Crippen LogP contribution in [0.5, 0.6) is 0 Å². The van der Waals surface area contributed by atoms with Gasteiger partial charge in [-0.3, -0.25) is 4.79 Å². The Bertz CT molecular complexity index is 859. The first kappa shape index (κ1) is 19.4. The Balaban J connectivity index is 1.64. The molecule has 1 atom stereocenters. The molecule has 2 aromatic rings. The van der Waals surface area contributed by atoms with E-state index < -0.39 is 10.0 Å². The maximum absolute atomic E-state index is 12.9. The van der Waals surface area contributed by atoms with Crippen molar-refractivity contribution in [2.75, 3.05) is 13.1 Å². The lowest BCUT2D eigenvalue weighted by molar-refractivity contribution is -0.126. The first-order chi connectivity index (χ1) is 12.9. The van der Waals surface area contributed by atoms with Gasteiger partial charge >= 0.3 is 0 Å². The van der Waals surface area contributed by atoms with E-state index in [-0.39, 0.29) is 22.8 Å². The number of carbonyl (C=O) groups excluding carboxylic acids is 1. The molecule has 0 aliphatic carbocycles. The number of nitrogens with zero attached hydrogens (tertiary/aromatic N) is 5. The standard InChI is InChI=1S/C17H24N6O3S/c1-3-13(2)19-17(24)14-8-10-22(11-9-14)27(25,26)16-6-4-15(5-7-16)23-12-18-20-21-23/h4-7,12-14H,3,8-11H2,1-2H3,(H,19,24)/t13-/m1/s1. The molecular formula is C17H24N6O3S. The summed E-state index contributed by atoms with van der Waals surface area (Å²) >= 11 is 0. The first-order valence-electron chi connectivity index (χ1n) is 9.05. The maximum atomic E-state index is 12.9. The number of hydrogen-bond donors (Lipinski definition) is 1. The largest absolute Gasteiger partial charge is 0.353 e. The zero-order chi connectivity index (χ0) is 19.4. The van der Waals surface area contributed by atoms with Gasteiger partial charge in [0.25, 0.3) is 0 Å². The number of amides is 1. The summed E-state index contributed by atoms with van der Waals surface area (Å²) in [6, 6.07) is 6.56. The Kier molecular flexibility index (Phi) is 5.85. The minimum Gasteiger partial charge on any atom is -0.353 e. The van der Waals surface area contributed by atoms with E-state index in [4.69, 9.17) is 0 Å². The quantitative estimate of drug-likeness (QED) is 0.785. The molecule has 27 heavy (non-hydrogen) atoms. The van der Waals surface area contributed by atoms with Crippen LogP contribution in [0.25, 0.3) is 5.69 Å². The summed E-state index contributed by atoms with van der Waals surface area (Å²) in [5, 5.41) is 13.9. The highest BCUT2D eigenvalue weighted by atomic mass is 32.2. The van der Waals surface area contributed by atoms with Gasteiger partial charge in [-0.1, -0.05) is 6.92 Å². The SMILES string of the molecule is CC[C@@H](C)NC(=O)C1CCN(S(=O)(=O)c2ccc(-n3cnnn3)cc2)CC1. The fourth-order valence-corrected chi connectivity index (χ4v) is 4.49. The van der Waals surface area contributed by atoms with Crippen LogP contribution < -0.4 is 5.32 Å². The van der Waals surface area contributed by atoms with Crippen LogP contribution in [0.2, 0.25) is 0 Å². The lowest BCUT2D eigenvalue weighted by atomic mass is 9.97. The predicted octanol–water partition coefficient (Wildman–Crippen LogP) is 0.978. The second-order valence-corrected chi connectivity index (χ2v) is 8.68. The molecule has 10 heteroatoms. The van der Waals surface area contributed by atoms with Gasteiger partial charge in [0, 0.05) is 25.0 Å². The molecule has 1 aliphatic rings. The molecule has 0 radical (unpaired) electrons. The molecule has 146 valence electrons.